The number of ketones is 1. The van der Waals surface area contributed by atoms with E-state index in [1.807, 2.05) is 18.2 Å². The van der Waals surface area contributed by atoms with Crippen LogP contribution in [0.3, 0.4) is 0 Å². The Morgan fingerprint density at radius 1 is 1.19 bits per heavy atom. The number of halogens is 2. The first-order chi connectivity index (χ1) is 10.0. The van der Waals surface area contributed by atoms with Crippen LogP contribution in [0.4, 0.5) is 0 Å². The molecule has 0 saturated heterocycles. The number of carbonyl (C=O) groups is 1. The summed E-state index contributed by atoms with van der Waals surface area (Å²) in [7, 11) is 0. The van der Waals surface area contributed by atoms with Crippen LogP contribution in [0.5, 0.6) is 0 Å². The molecule has 0 fully saturated rings. The summed E-state index contributed by atoms with van der Waals surface area (Å²) in [4.78, 5) is 24.1. The number of pyridine rings is 1. The average molecular weight is 322 g/mol. The van der Waals surface area contributed by atoms with Crippen molar-refractivity contribution >= 4 is 40.0 Å². The molecule has 0 radical (unpaired) electrons. The van der Waals surface area contributed by atoms with Crippen molar-refractivity contribution in [3.63, 3.8) is 0 Å². The third-order valence-corrected chi connectivity index (χ3v) is 3.50. The predicted octanol–water partition coefficient (Wildman–Crippen LogP) is 3.78. The van der Waals surface area contributed by atoms with Crippen molar-refractivity contribution in [3.05, 3.63) is 68.8 Å². The van der Waals surface area contributed by atoms with E-state index in [9.17, 15) is 9.59 Å². The lowest BCUT2D eigenvalue weighted by Gasteiger charge is -2.04. The Balaban J connectivity index is 1.95. The summed E-state index contributed by atoms with van der Waals surface area (Å²) in [5, 5.41) is 1.09. The largest absolute Gasteiger partial charge is 0.453 e. The fourth-order valence-corrected chi connectivity index (χ4v) is 2.54. The zero-order valence-electron chi connectivity index (χ0n) is 10.7. The van der Waals surface area contributed by atoms with Crippen LogP contribution in [0, 0.1) is 0 Å². The number of fused-ring (bicyclic) bond motifs is 1. The van der Waals surface area contributed by atoms with Gasteiger partial charge in [0.15, 0.2) is 5.76 Å². The van der Waals surface area contributed by atoms with Crippen molar-refractivity contribution in [2.45, 2.75) is 6.54 Å². The molecule has 0 amide bonds. The maximum Gasteiger partial charge on any atom is 0.269 e. The lowest BCUT2D eigenvalue weighted by molar-refractivity contribution is 0.0946. The smallest absolute Gasteiger partial charge is 0.269 e. The van der Waals surface area contributed by atoms with Gasteiger partial charge in [0.05, 0.1) is 11.6 Å². The van der Waals surface area contributed by atoms with Crippen molar-refractivity contribution in [1.82, 2.24) is 4.57 Å². The molecule has 0 saturated carbocycles. The van der Waals surface area contributed by atoms with Gasteiger partial charge in [-0.1, -0.05) is 41.4 Å². The molecule has 2 aromatic heterocycles. The summed E-state index contributed by atoms with van der Waals surface area (Å²) in [6.07, 6.45) is 1.37. The van der Waals surface area contributed by atoms with Gasteiger partial charge in [0.1, 0.15) is 10.6 Å². The molecule has 0 aliphatic carbocycles. The molecule has 21 heavy (non-hydrogen) atoms. The van der Waals surface area contributed by atoms with Gasteiger partial charge < -0.3 is 8.98 Å². The zero-order chi connectivity index (χ0) is 15.0. The molecule has 0 aliphatic rings. The molecular formula is C15H9Cl2NO3. The summed E-state index contributed by atoms with van der Waals surface area (Å²) in [5.41, 5.74) is 0.155. The molecule has 1 aromatic carbocycles. The molecule has 0 atom stereocenters. The predicted molar refractivity (Wildman–Crippen MR) is 81.3 cm³/mol. The summed E-state index contributed by atoms with van der Waals surface area (Å²) >= 11 is 11.6. The highest BCUT2D eigenvalue weighted by Crippen LogP contribution is 2.19. The molecule has 106 valence electrons. The quantitative estimate of drug-likeness (QED) is 0.690. The number of rotatable bonds is 3. The van der Waals surface area contributed by atoms with Crippen molar-refractivity contribution in [2.75, 3.05) is 0 Å². The number of para-hydroxylation sites is 1. The maximum absolute atomic E-state index is 12.2. The second kappa shape index (κ2) is 5.39. The Kier molecular flexibility index (Phi) is 3.57. The van der Waals surface area contributed by atoms with Crippen molar-refractivity contribution in [2.24, 2.45) is 0 Å². The van der Waals surface area contributed by atoms with E-state index in [0.29, 0.717) is 5.58 Å². The molecular weight excluding hydrogens is 313 g/mol. The third-order valence-electron chi connectivity index (χ3n) is 3.02. The Morgan fingerprint density at radius 3 is 2.71 bits per heavy atom. The van der Waals surface area contributed by atoms with Gasteiger partial charge in [-0.05, 0) is 18.2 Å². The van der Waals surface area contributed by atoms with Crippen LogP contribution in [0.2, 0.25) is 10.0 Å². The van der Waals surface area contributed by atoms with Crippen LogP contribution in [0.15, 0.2) is 51.8 Å². The highest BCUT2D eigenvalue weighted by molar-refractivity contribution is 6.34. The van der Waals surface area contributed by atoms with Gasteiger partial charge in [0.2, 0.25) is 5.78 Å². The van der Waals surface area contributed by atoms with Crippen LogP contribution < -0.4 is 5.56 Å². The van der Waals surface area contributed by atoms with E-state index in [2.05, 4.69) is 0 Å². The number of nitrogens with zero attached hydrogens (tertiary/aromatic N) is 1. The second-order valence-corrected chi connectivity index (χ2v) is 5.35. The molecule has 2 heterocycles. The van der Waals surface area contributed by atoms with E-state index in [0.717, 1.165) is 5.39 Å². The van der Waals surface area contributed by atoms with Gasteiger partial charge in [0.25, 0.3) is 5.56 Å². The highest BCUT2D eigenvalue weighted by Gasteiger charge is 2.14. The van der Waals surface area contributed by atoms with E-state index < -0.39 is 5.56 Å². The highest BCUT2D eigenvalue weighted by atomic mass is 35.5. The Hall–Kier alpha value is -2.04. The van der Waals surface area contributed by atoms with Gasteiger partial charge in [-0.3, -0.25) is 9.59 Å². The standard InChI is InChI=1S/C15H9Cl2NO3/c16-10-6-11(17)15(20)18(7-10)8-12(19)14-5-9-3-1-2-4-13(9)21-14/h1-7H,8H2. The van der Waals surface area contributed by atoms with Gasteiger partial charge in [-0.15, -0.1) is 0 Å². The van der Waals surface area contributed by atoms with E-state index >= 15 is 0 Å². The Morgan fingerprint density at radius 2 is 1.95 bits per heavy atom. The van der Waals surface area contributed by atoms with Crippen LogP contribution >= 0.6 is 23.2 Å². The van der Waals surface area contributed by atoms with Crippen LogP contribution in [0.25, 0.3) is 11.0 Å². The first-order valence-corrected chi connectivity index (χ1v) is 6.87. The molecule has 0 bridgehead atoms. The molecule has 6 heteroatoms. The topological polar surface area (TPSA) is 52.2 Å². The lowest BCUT2D eigenvalue weighted by Crippen LogP contribution is -2.24. The normalized spacial score (nSPS) is 11.0. The summed E-state index contributed by atoms with van der Waals surface area (Å²) in [5.74, 6) is -0.133. The average Bonchev–Trinajstić information content (AvgIpc) is 2.88. The van der Waals surface area contributed by atoms with Gasteiger partial charge in [-0.2, -0.15) is 0 Å². The van der Waals surface area contributed by atoms with E-state index in [4.69, 9.17) is 27.6 Å². The molecule has 4 nitrogen and oxygen atoms in total. The number of carbonyl (C=O) groups excluding carboxylic acids is 1. The number of furan rings is 1. The number of hydrogen-bond acceptors (Lipinski definition) is 3. The van der Waals surface area contributed by atoms with Crippen molar-refractivity contribution < 1.29 is 9.21 Å². The van der Waals surface area contributed by atoms with Gasteiger partial charge in [-0.25, -0.2) is 0 Å². The van der Waals surface area contributed by atoms with E-state index in [1.54, 1.807) is 12.1 Å². The summed E-state index contributed by atoms with van der Waals surface area (Å²) < 4.78 is 6.64. The first-order valence-electron chi connectivity index (χ1n) is 6.12. The van der Waals surface area contributed by atoms with Crippen LogP contribution in [0.1, 0.15) is 10.6 Å². The fraction of sp³-hybridized carbons (Fsp3) is 0.0667. The zero-order valence-corrected chi connectivity index (χ0v) is 12.2. The summed E-state index contributed by atoms with van der Waals surface area (Å²) in [6.45, 7) is -0.182. The fourth-order valence-electron chi connectivity index (χ4n) is 2.03. The van der Waals surface area contributed by atoms with Crippen LogP contribution in [-0.2, 0) is 6.54 Å². The minimum absolute atomic E-state index is 0.0279. The minimum Gasteiger partial charge on any atom is -0.453 e. The molecule has 0 spiro atoms. The van der Waals surface area contributed by atoms with E-state index in [1.165, 1.54) is 16.8 Å². The van der Waals surface area contributed by atoms with Crippen LogP contribution in [-0.4, -0.2) is 10.4 Å². The molecule has 0 unspecified atom stereocenters. The molecule has 3 rings (SSSR count). The monoisotopic (exact) mass is 321 g/mol. The molecule has 0 N–H and O–H groups in total. The first kappa shape index (κ1) is 13.9. The van der Waals surface area contributed by atoms with Gasteiger partial charge in [0, 0.05) is 11.6 Å². The maximum atomic E-state index is 12.2. The van der Waals surface area contributed by atoms with Crippen molar-refractivity contribution in [3.8, 4) is 0 Å². The SMILES string of the molecule is O=C(Cn1cc(Cl)cc(Cl)c1=O)c1cc2ccccc2o1. The minimum atomic E-state index is -0.467. The Bertz CT molecular complexity index is 862. The molecule has 0 aliphatic heterocycles. The van der Waals surface area contributed by atoms with Gasteiger partial charge >= 0.3 is 0 Å². The third kappa shape index (κ3) is 2.73. The number of Topliss-reactive ketones (excluding diaryl/α,β-unsaturated/α-hetero) is 1. The molecule has 3 aromatic rings. The number of aromatic nitrogens is 1. The lowest BCUT2D eigenvalue weighted by atomic mass is 10.2. The number of benzene rings is 1. The summed E-state index contributed by atoms with van der Waals surface area (Å²) in [6, 6.07) is 10.3. The van der Waals surface area contributed by atoms with E-state index in [-0.39, 0.29) is 28.1 Å². The Labute approximate surface area is 129 Å². The van der Waals surface area contributed by atoms with Crippen molar-refractivity contribution in [1.29, 1.82) is 0 Å². The number of hydrogen-bond donors (Lipinski definition) is 0. The second-order valence-electron chi connectivity index (χ2n) is 4.51.